The van der Waals surface area contributed by atoms with E-state index in [2.05, 4.69) is 36.3 Å². The Hall–Kier alpha value is -1.28. The van der Waals surface area contributed by atoms with Crippen molar-refractivity contribution in [3.05, 3.63) is 51.8 Å². The van der Waals surface area contributed by atoms with E-state index in [1.807, 2.05) is 4.68 Å². The predicted molar refractivity (Wildman–Crippen MR) is 69.5 cm³/mol. The first-order chi connectivity index (χ1) is 8.25. The van der Waals surface area contributed by atoms with Gasteiger partial charge >= 0.3 is 0 Å². The van der Waals surface area contributed by atoms with E-state index < -0.39 is 0 Å². The summed E-state index contributed by atoms with van der Waals surface area (Å²) in [6, 6.07) is 8.38. The molecule has 0 spiro atoms. The lowest BCUT2D eigenvalue weighted by molar-refractivity contribution is 0.662. The minimum atomic E-state index is 0.776. The Morgan fingerprint density at radius 3 is 2.88 bits per heavy atom. The molecule has 0 N–H and O–H groups in total. The number of hydrogen-bond donors (Lipinski definition) is 0. The molecule has 1 aliphatic rings. The van der Waals surface area contributed by atoms with E-state index in [-0.39, 0.29) is 0 Å². The number of rotatable bonds is 2. The van der Waals surface area contributed by atoms with Crippen molar-refractivity contribution in [2.24, 2.45) is 0 Å². The van der Waals surface area contributed by atoms with Crippen LogP contribution in [0.1, 0.15) is 28.8 Å². The maximum absolute atomic E-state index is 6.37. The molecule has 1 heterocycles. The van der Waals surface area contributed by atoms with Gasteiger partial charge in [-0.25, -0.2) is 4.68 Å². The van der Waals surface area contributed by atoms with Crippen LogP contribution in [-0.2, 0) is 19.4 Å². The highest BCUT2D eigenvalue weighted by Gasteiger charge is 2.20. The van der Waals surface area contributed by atoms with Crippen LogP contribution in [0.2, 0.25) is 5.15 Å². The van der Waals surface area contributed by atoms with Crippen LogP contribution in [0.25, 0.3) is 0 Å². The Labute approximate surface area is 106 Å². The van der Waals surface area contributed by atoms with Crippen molar-refractivity contribution in [3.8, 4) is 0 Å². The molecule has 0 bridgehead atoms. The summed E-state index contributed by atoms with van der Waals surface area (Å²) in [4.78, 5) is 0. The number of hydrogen-bond acceptors (Lipinski definition) is 1. The standard InChI is InChI=1S/C14H15ClN2/c1-10-5-2-3-6-11(10)9-17-14(15)12-7-4-8-13(12)16-17/h2-3,5-6H,4,7-9H2,1H3. The molecule has 0 aliphatic heterocycles. The number of aromatic nitrogens is 2. The number of halogens is 1. The monoisotopic (exact) mass is 246 g/mol. The van der Waals surface area contributed by atoms with Crippen LogP contribution < -0.4 is 0 Å². The van der Waals surface area contributed by atoms with Crippen molar-refractivity contribution in [3.63, 3.8) is 0 Å². The average Bonchev–Trinajstić information content (AvgIpc) is 2.87. The number of fused-ring (bicyclic) bond motifs is 1. The molecule has 0 radical (unpaired) electrons. The van der Waals surface area contributed by atoms with Crippen LogP contribution in [0.5, 0.6) is 0 Å². The maximum Gasteiger partial charge on any atom is 0.130 e. The quantitative estimate of drug-likeness (QED) is 0.794. The van der Waals surface area contributed by atoms with Crippen LogP contribution in [0, 0.1) is 6.92 Å². The summed E-state index contributed by atoms with van der Waals surface area (Å²) in [6.07, 6.45) is 3.36. The molecule has 2 nitrogen and oxygen atoms in total. The molecular formula is C14H15ClN2. The third kappa shape index (κ3) is 1.87. The molecule has 0 saturated heterocycles. The number of benzene rings is 1. The van der Waals surface area contributed by atoms with Crippen LogP contribution in [0.4, 0.5) is 0 Å². The minimum absolute atomic E-state index is 0.776. The normalized spacial score (nSPS) is 14.0. The smallest absolute Gasteiger partial charge is 0.130 e. The van der Waals surface area contributed by atoms with Crippen molar-refractivity contribution >= 4 is 11.6 Å². The van der Waals surface area contributed by atoms with Crippen LogP contribution >= 0.6 is 11.6 Å². The molecule has 1 aliphatic carbocycles. The molecule has 0 fully saturated rings. The largest absolute Gasteiger partial charge is 0.249 e. The predicted octanol–water partition coefficient (Wildman–Crippen LogP) is 3.38. The van der Waals surface area contributed by atoms with E-state index in [0.29, 0.717) is 0 Å². The maximum atomic E-state index is 6.37. The molecule has 88 valence electrons. The highest BCUT2D eigenvalue weighted by molar-refractivity contribution is 6.30. The van der Waals surface area contributed by atoms with E-state index in [1.165, 1.54) is 28.8 Å². The van der Waals surface area contributed by atoms with Gasteiger partial charge in [-0.2, -0.15) is 5.10 Å². The fourth-order valence-corrected chi connectivity index (χ4v) is 2.76. The Balaban J connectivity index is 1.94. The second kappa shape index (κ2) is 4.19. The second-order valence-electron chi connectivity index (χ2n) is 4.65. The third-order valence-electron chi connectivity index (χ3n) is 3.49. The number of aryl methyl sites for hydroxylation is 2. The van der Waals surface area contributed by atoms with Gasteiger partial charge in [-0.15, -0.1) is 0 Å². The first-order valence-electron chi connectivity index (χ1n) is 6.04. The van der Waals surface area contributed by atoms with Gasteiger partial charge in [0.05, 0.1) is 12.2 Å². The van der Waals surface area contributed by atoms with Gasteiger partial charge in [-0.1, -0.05) is 35.9 Å². The zero-order chi connectivity index (χ0) is 11.8. The first-order valence-corrected chi connectivity index (χ1v) is 6.42. The van der Waals surface area contributed by atoms with Crippen molar-refractivity contribution in [1.29, 1.82) is 0 Å². The summed E-state index contributed by atoms with van der Waals surface area (Å²) in [5, 5.41) is 5.45. The third-order valence-corrected chi connectivity index (χ3v) is 3.91. The summed E-state index contributed by atoms with van der Waals surface area (Å²) in [5.74, 6) is 0. The summed E-state index contributed by atoms with van der Waals surface area (Å²) in [5.41, 5.74) is 5.04. The summed E-state index contributed by atoms with van der Waals surface area (Å²) in [6.45, 7) is 2.90. The van der Waals surface area contributed by atoms with Gasteiger partial charge in [0.2, 0.25) is 0 Å². The highest BCUT2D eigenvalue weighted by atomic mass is 35.5. The van der Waals surface area contributed by atoms with E-state index in [9.17, 15) is 0 Å². The average molecular weight is 247 g/mol. The highest BCUT2D eigenvalue weighted by Crippen LogP contribution is 2.28. The lowest BCUT2D eigenvalue weighted by atomic mass is 10.1. The summed E-state index contributed by atoms with van der Waals surface area (Å²) in [7, 11) is 0. The molecule has 1 aromatic heterocycles. The molecular weight excluding hydrogens is 232 g/mol. The van der Waals surface area contributed by atoms with E-state index >= 15 is 0 Å². The van der Waals surface area contributed by atoms with Crippen LogP contribution in [-0.4, -0.2) is 9.78 Å². The molecule has 0 amide bonds. The van der Waals surface area contributed by atoms with E-state index in [1.54, 1.807) is 0 Å². The van der Waals surface area contributed by atoms with Gasteiger partial charge < -0.3 is 0 Å². The molecule has 0 unspecified atom stereocenters. The molecule has 0 saturated carbocycles. The van der Waals surface area contributed by atoms with Crippen molar-refractivity contribution < 1.29 is 0 Å². The van der Waals surface area contributed by atoms with Gasteiger partial charge in [0.25, 0.3) is 0 Å². The molecule has 3 heteroatoms. The molecule has 1 aromatic carbocycles. The lowest BCUT2D eigenvalue weighted by Gasteiger charge is -2.07. The Kier molecular flexibility index (Phi) is 2.67. The Bertz CT molecular complexity index is 557. The fraction of sp³-hybridized carbons (Fsp3) is 0.357. The van der Waals surface area contributed by atoms with Gasteiger partial charge in [0.15, 0.2) is 0 Å². The second-order valence-corrected chi connectivity index (χ2v) is 5.01. The van der Waals surface area contributed by atoms with Crippen molar-refractivity contribution in [2.75, 3.05) is 0 Å². The zero-order valence-electron chi connectivity index (χ0n) is 9.91. The first kappa shape index (κ1) is 10.8. The summed E-state index contributed by atoms with van der Waals surface area (Å²) >= 11 is 6.37. The fourth-order valence-electron chi connectivity index (χ4n) is 2.46. The van der Waals surface area contributed by atoms with Gasteiger partial charge in [-0.3, -0.25) is 0 Å². The molecule has 3 rings (SSSR count). The summed E-state index contributed by atoms with van der Waals surface area (Å²) < 4.78 is 1.94. The molecule has 2 aromatic rings. The van der Waals surface area contributed by atoms with Crippen LogP contribution in [0.3, 0.4) is 0 Å². The Morgan fingerprint density at radius 2 is 2.12 bits per heavy atom. The van der Waals surface area contributed by atoms with Crippen molar-refractivity contribution in [1.82, 2.24) is 9.78 Å². The minimum Gasteiger partial charge on any atom is -0.249 e. The van der Waals surface area contributed by atoms with Crippen molar-refractivity contribution in [2.45, 2.75) is 32.7 Å². The van der Waals surface area contributed by atoms with Gasteiger partial charge in [0.1, 0.15) is 5.15 Å². The van der Waals surface area contributed by atoms with Gasteiger partial charge in [-0.05, 0) is 37.3 Å². The Morgan fingerprint density at radius 1 is 1.29 bits per heavy atom. The van der Waals surface area contributed by atoms with E-state index in [0.717, 1.165) is 24.5 Å². The number of nitrogens with zero attached hydrogens (tertiary/aromatic N) is 2. The molecule has 0 atom stereocenters. The van der Waals surface area contributed by atoms with Gasteiger partial charge in [0, 0.05) is 5.56 Å². The molecule has 17 heavy (non-hydrogen) atoms. The zero-order valence-corrected chi connectivity index (χ0v) is 10.7. The lowest BCUT2D eigenvalue weighted by Crippen LogP contribution is -2.04. The topological polar surface area (TPSA) is 17.8 Å². The van der Waals surface area contributed by atoms with E-state index in [4.69, 9.17) is 11.6 Å². The van der Waals surface area contributed by atoms with Crippen LogP contribution in [0.15, 0.2) is 24.3 Å². The SMILES string of the molecule is Cc1ccccc1Cn1nc2c(c1Cl)CCC2.